The number of aromatic amines is 1. The monoisotopic (exact) mass is 427 g/mol. The molecular formula is C25H21N3O4. The van der Waals surface area contributed by atoms with Gasteiger partial charge in [0.2, 0.25) is 5.91 Å². The largest absolute Gasteiger partial charge is 0.481 e. The van der Waals surface area contributed by atoms with Gasteiger partial charge in [0.05, 0.1) is 23.4 Å². The van der Waals surface area contributed by atoms with Crippen molar-refractivity contribution in [2.24, 2.45) is 0 Å². The van der Waals surface area contributed by atoms with Crippen molar-refractivity contribution in [2.45, 2.75) is 18.8 Å². The molecule has 0 aliphatic rings. The highest BCUT2D eigenvalue weighted by molar-refractivity contribution is 5.98. The first-order chi connectivity index (χ1) is 15.5. The predicted molar refractivity (Wildman–Crippen MR) is 122 cm³/mol. The molecule has 1 atom stereocenters. The summed E-state index contributed by atoms with van der Waals surface area (Å²) in [6.45, 7) is 0. The van der Waals surface area contributed by atoms with E-state index in [-0.39, 0.29) is 17.9 Å². The topological polar surface area (TPSA) is 112 Å². The van der Waals surface area contributed by atoms with Crippen LogP contribution in [0.3, 0.4) is 0 Å². The van der Waals surface area contributed by atoms with E-state index in [9.17, 15) is 19.5 Å². The maximum absolute atomic E-state index is 12.9. The molecule has 1 aromatic heterocycles. The van der Waals surface area contributed by atoms with Crippen LogP contribution in [0.4, 0.5) is 5.69 Å². The van der Waals surface area contributed by atoms with Crippen LogP contribution >= 0.6 is 0 Å². The van der Waals surface area contributed by atoms with E-state index in [0.717, 1.165) is 16.6 Å². The lowest BCUT2D eigenvalue weighted by Crippen LogP contribution is -2.23. The number of carboxylic acids is 1. The zero-order valence-electron chi connectivity index (χ0n) is 17.1. The maximum Gasteiger partial charge on any atom is 0.304 e. The van der Waals surface area contributed by atoms with Crippen LogP contribution < -0.4 is 10.9 Å². The molecule has 1 unspecified atom stereocenters. The number of hydrogen-bond donors (Lipinski definition) is 3. The number of nitrogens with one attached hydrogen (secondary N) is 2. The van der Waals surface area contributed by atoms with E-state index >= 15 is 0 Å². The number of fused-ring (bicyclic) bond motifs is 1. The van der Waals surface area contributed by atoms with Gasteiger partial charge in [0.25, 0.3) is 5.56 Å². The molecule has 0 saturated heterocycles. The average molecular weight is 427 g/mol. The minimum Gasteiger partial charge on any atom is -0.481 e. The van der Waals surface area contributed by atoms with E-state index in [2.05, 4.69) is 15.5 Å². The van der Waals surface area contributed by atoms with Crippen LogP contribution in [0.2, 0.25) is 0 Å². The molecule has 0 aliphatic carbocycles. The molecular weight excluding hydrogens is 406 g/mol. The molecule has 0 aliphatic heterocycles. The number of aromatic nitrogens is 2. The second-order valence-corrected chi connectivity index (χ2v) is 7.47. The van der Waals surface area contributed by atoms with Crippen molar-refractivity contribution in [3.05, 3.63) is 106 Å². The van der Waals surface area contributed by atoms with Gasteiger partial charge in [0.1, 0.15) is 0 Å². The van der Waals surface area contributed by atoms with Crippen molar-refractivity contribution < 1.29 is 14.7 Å². The van der Waals surface area contributed by atoms with Gasteiger partial charge in [-0.25, -0.2) is 5.10 Å². The number of carbonyl (C=O) groups excluding carboxylic acids is 1. The number of amides is 1. The number of rotatable bonds is 7. The minimum atomic E-state index is -1.04. The number of H-pyrrole nitrogens is 1. The summed E-state index contributed by atoms with van der Waals surface area (Å²) < 4.78 is 0. The number of anilines is 1. The van der Waals surface area contributed by atoms with Gasteiger partial charge >= 0.3 is 5.97 Å². The quantitative estimate of drug-likeness (QED) is 0.416. The molecule has 7 nitrogen and oxygen atoms in total. The Labute approximate surface area is 183 Å². The molecule has 1 amide bonds. The SMILES string of the molecule is O=C(O)CC(C(=O)Nc1cccc(Cc2n[nH]c(=O)c3ccccc23)c1)c1ccccc1. The number of carboxylic acid groups (broad SMARTS) is 1. The Hall–Kier alpha value is -4.26. The van der Waals surface area contributed by atoms with Crippen molar-refractivity contribution in [3.63, 3.8) is 0 Å². The van der Waals surface area contributed by atoms with E-state index in [1.807, 2.05) is 36.4 Å². The average Bonchev–Trinajstić information content (AvgIpc) is 2.80. The maximum atomic E-state index is 12.9. The Morgan fingerprint density at radius 3 is 2.41 bits per heavy atom. The Bertz CT molecular complexity index is 1330. The van der Waals surface area contributed by atoms with E-state index in [1.165, 1.54) is 0 Å². The van der Waals surface area contributed by atoms with Crippen molar-refractivity contribution in [1.29, 1.82) is 0 Å². The molecule has 0 saturated carbocycles. The van der Waals surface area contributed by atoms with Crippen molar-refractivity contribution in [2.75, 3.05) is 5.32 Å². The number of hydrogen-bond acceptors (Lipinski definition) is 4. The van der Waals surface area contributed by atoms with Gasteiger partial charge < -0.3 is 10.4 Å². The van der Waals surface area contributed by atoms with Crippen LogP contribution in [-0.2, 0) is 16.0 Å². The predicted octanol–water partition coefficient (Wildman–Crippen LogP) is 3.71. The normalized spacial score (nSPS) is 11.8. The fraction of sp³-hybridized carbons (Fsp3) is 0.120. The Morgan fingerprint density at radius 1 is 0.938 bits per heavy atom. The molecule has 0 spiro atoms. The van der Waals surface area contributed by atoms with Crippen LogP contribution in [0.25, 0.3) is 10.8 Å². The molecule has 32 heavy (non-hydrogen) atoms. The lowest BCUT2D eigenvalue weighted by atomic mass is 9.94. The zero-order chi connectivity index (χ0) is 22.5. The van der Waals surface area contributed by atoms with E-state index in [1.54, 1.807) is 42.5 Å². The minimum absolute atomic E-state index is 0.240. The highest BCUT2D eigenvalue weighted by atomic mass is 16.4. The number of carbonyl (C=O) groups is 2. The van der Waals surface area contributed by atoms with Gasteiger partial charge in [0.15, 0.2) is 0 Å². The summed E-state index contributed by atoms with van der Waals surface area (Å²) >= 11 is 0. The molecule has 3 aromatic carbocycles. The first kappa shape index (κ1) is 21.0. The van der Waals surface area contributed by atoms with Crippen molar-refractivity contribution in [1.82, 2.24) is 10.2 Å². The number of aliphatic carboxylic acids is 1. The summed E-state index contributed by atoms with van der Waals surface area (Å²) in [5.41, 5.74) is 2.58. The van der Waals surface area contributed by atoms with Crippen LogP contribution in [0.5, 0.6) is 0 Å². The first-order valence-corrected chi connectivity index (χ1v) is 10.1. The molecule has 0 radical (unpaired) electrons. The van der Waals surface area contributed by atoms with Crippen molar-refractivity contribution in [3.8, 4) is 0 Å². The molecule has 0 bridgehead atoms. The second-order valence-electron chi connectivity index (χ2n) is 7.47. The molecule has 7 heteroatoms. The van der Waals surface area contributed by atoms with Crippen LogP contribution in [-0.4, -0.2) is 27.2 Å². The van der Waals surface area contributed by atoms with Crippen LogP contribution in [0.1, 0.15) is 29.2 Å². The molecule has 1 heterocycles. The molecule has 3 N–H and O–H groups in total. The number of nitrogens with zero attached hydrogens (tertiary/aromatic N) is 1. The van der Waals surface area contributed by atoms with E-state index < -0.39 is 11.9 Å². The van der Waals surface area contributed by atoms with E-state index in [4.69, 9.17) is 0 Å². The lowest BCUT2D eigenvalue weighted by Gasteiger charge is -2.16. The Kier molecular flexibility index (Phi) is 6.07. The van der Waals surface area contributed by atoms with Gasteiger partial charge in [-0.3, -0.25) is 14.4 Å². The zero-order valence-corrected chi connectivity index (χ0v) is 17.1. The van der Waals surface area contributed by atoms with Crippen LogP contribution in [0, 0.1) is 0 Å². The summed E-state index contributed by atoms with van der Waals surface area (Å²) in [6.07, 6.45) is 0.154. The van der Waals surface area contributed by atoms with Gasteiger partial charge in [0, 0.05) is 17.5 Å². The third kappa shape index (κ3) is 4.73. The Balaban J connectivity index is 1.57. The first-order valence-electron chi connectivity index (χ1n) is 10.1. The lowest BCUT2D eigenvalue weighted by molar-refractivity contribution is -0.139. The van der Waals surface area contributed by atoms with Gasteiger partial charge in [-0.15, -0.1) is 0 Å². The summed E-state index contributed by atoms with van der Waals surface area (Å²) in [5.74, 6) is -2.23. The van der Waals surface area contributed by atoms with Gasteiger partial charge in [-0.1, -0.05) is 60.7 Å². The summed E-state index contributed by atoms with van der Waals surface area (Å²) in [7, 11) is 0. The fourth-order valence-corrected chi connectivity index (χ4v) is 3.71. The summed E-state index contributed by atoms with van der Waals surface area (Å²) in [4.78, 5) is 36.2. The molecule has 4 rings (SSSR count). The summed E-state index contributed by atoms with van der Waals surface area (Å²) in [5, 5.41) is 20.2. The number of benzene rings is 3. The highest BCUT2D eigenvalue weighted by Crippen LogP contribution is 2.23. The second kappa shape index (κ2) is 9.26. The van der Waals surface area contributed by atoms with E-state index in [0.29, 0.717) is 23.1 Å². The molecule has 160 valence electrons. The van der Waals surface area contributed by atoms with Crippen LogP contribution in [0.15, 0.2) is 83.7 Å². The fourth-order valence-electron chi connectivity index (χ4n) is 3.71. The third-order valence-corrected chi connectivity index (χ3v) is 5.24. The van der Waals surface area contributed by atoms with Crippen molar-refractivity contribution >= 4 is 28.3 Å². The Morgan fingerprint density at radius 2 is 1.66 bits per heavy atom. The molecule has 0 fully saturated rings. The summed E-state index contributed by atoms with van der Waals surface area (Å²) in [6, 6.07) is 23.4. The van der Waals surface area contributed by atoms with Gasteiger partial charge in [-0.05, 0) is 29.3 Å². The third-order valence-electron chi connectivity index (χ3n) is 5.24. The van der Waals surface area contributed by atoms with Gasteiger partial charge in [-0.2, -0.15) is 5.10 Å². The smallest absolute Gasteiger partial charge is 0.304 e. The standard InChI is InChI=1S/C25H21N3O4/c29-23(30)15-21(17-8-2-1-3-9-17)24(31)26-18-10-6-7-16(13-18)14-22-19-11-4-5-12-20(19)25(32)28-27-22/h1-13,21H,14-15H2,(H,26,31)(H,28,32)(H,29,30). The highest BCUT2D eigenvalue weighted by Gasteiger charge is 2.23. The molecule has 4 aromatic rings.